The molecule has 0 fully saturated rings. The molecule has 16 heavy (non-hydrogen) atoms. The molecule has 86 valence electrons. The van der Waals surface area contributed by atoms with Gasteiger partial charge in [0.25, 0.3) is 0 Å². The summed E-state index contributed by atoms with van der Waals surface area (Å²) in [5.41, 5.74) is 0.545. The van der Waals surface area contributed by atoms with Crippen molar-refractivity contribution in [3.05, 3.63) is 35.9 Å². The fourth-order valence-corrected chi connectivity index (χ4v) is 1.01. The summed E-state index contributed by atoms with van der Waals surface area (Å²) < 4.78 is 39.1. The van der Waals surface area contributed by atoms with Gasteiger partial charge in [0.15, 0.2) is 0 Å². The molecule has 1 aromatic rings. The lowest BCUT2D eigenvalue weighted by Crippen LogP contribution is -2.16. The fourth-order valence-electron chi connectivity index (χ4n) is 0.942. The SMILES string of the molecule is O=C(Cl)/C=C/c1ccc(OC(F)(F)F)cc1. The Balaban J connectivity index is 2.72. The number of carbonyl (C=O) groups excluding carboxylic acids is 1. The van der Waals surface area contributed by atoms with Gasteiger partial charge in [-0.2, -0.15) is 0 Å². The summed E-state index contributed by atoms with van der Waals surface area (Å²) in [5.74, 6) is -0.318. The molecule has 0 aliphatic carbocycles. The van der Waals surface area contributed by atoms with E-state index in [1.165, 1.54) is 18.2 Å². The van der Waals surface area contributed by atoms with Crippen molar-refractivity contribution in [3.63, 3.8) is 0 Å². The van der Waals surface area contributed by atoms with E-state index >= 15 is 0 Å². The van der Waals surface area contributed by atoms with Gasteiger partial charge in [0.05, 0.1) is 0 Å². The standard InChI is InChI=1S/C10H6ClF3O2/c11-9(15)6-3-7-1-4-8(5-2-7)16-10(12,13)14/h1-6H/b6-3+. The van der Waals surface area contributed by atoms with Gasteiger partial charge < -0.3 is 4.74 Å². The molecule has 0 N–H and O–H groups in total. The Hall–Kier alpha value is -1.49. The van der Waals surface area contributed by atoms with E-state index in [1.54, 1.807) is 0 Å². The molecule has 0 saturated carbocycles. The zero-order valence-corrected chi connectivity index (χ0v) is 8.55. The van der Waals surface area contributed by atoms with Gasteiger partial charge in [-0.25, -0.2) is 0 Å². The van der Waals surface area contributed by atoms with Crippen LogP contribution in [0.2, 0.25) is 0 Å². The smallest absolute Gasteiger partial charge is 0.406 e. The number of benzene rings is 1. The number of carbonyl (C=O) groups is 1. The molecule has 0 unspecified atom stereocenters. The molecule has 0 aliphatic rings. The van der Waals surface area contributed by atoms with Crippen molar-refractivity contribution < 1.29 is 22.7 Å². The number of rotatable bonds is 3. The first kappa shape index (κ1) is 12.6. The molecule has 6 heteroatoms. The van der Waals surface area contributed by atoms with Crippen LogP contribution >= 0.6 is 11.6 Å². The highest BCUT2D eigenvalue weighted by molar-refractivity contribution is 6.66. The van der Waals surface area contributed by atoms with Crippen LogP contribution in [0, 0.1) is 0 Å². The van der Waals surface area contributed by atoms with Crippen molar-refractivity contribution in [3.8, 4) is 5.75 Å². The van der Waals surface area contributed by atoms with Crippen LogP contribution in [0.15, 0.2) is 30.3 Å². The third-order valence-corrected chi connectivity index (χ3v) is 1.65. The van der Waals surface area contributed by atoms with E-state index in [1.807, 2.05) is 0 Å². The van der Waals surface area contributed by atoms with Gasteiger partial charge in [0.2, 0.25) is 5.24 Å². The Labute approximate surface area is 94.3 Å². The van der Waals surface area contributed by atoms with E-state index < -0.39 is 11.6 Å². The predicted molar refractivity (Wildman–Crippen MR) is 53.0 cm³/mol. The Morgan fingerprint density at radius 2 is 1.81 bits per heavy atom. The normalized spacial score (nSPS) is 11.8. The van der Waals surface area contributed by atoms with Crippen molar-refractivity contribution in [2.45, 2.75) is 6.36 Å². The average Bonchev–Trinajstić information content (AvgIpc) is 2.14. The summed E-state index contributed by atoms with van der Waals surface area (Å²) in [7, 11) is 0. The molecule has 0 atom stereocenters. The van der Waals surface area contributed by atoms with E-state index in [4.69, 9.17) is 11.6 Å². The van der Waals surface area contributed by atoms with E-state index in [9.17, 15) is 18.0 Å². The first-order chi connectivity index (χ1) is 7.37. The Morgan fingerprint density at radius 1 is 1.25 bits per heavy atom. The number of hydrogen-bond donors (Lipinski definition) is 0. The molecule has 0 spiro atoms. The third kappa shape index (κ3) is 4.84. The maximum absolute atomic E-state index is 11.8. The Morgan fingerprint density at radius 3 is 2.25 bits per heavy atom. The second kappa shape index (κ2) is 5.03. The molecule has 1 rings (SSSR count). The van der Waals surface area contributed by atoms with Crippen molar-refractivity contribution in [1.29, 1.82) is 0 Å². The van der Waals surface area contributed by atoms with E-state index in [-0.39, 0.29) is 5.75 Å². The number of hydrogen-bond acceptors (Lipinski definition) is 2. The minimum Gasteiger partial charge on any atom is -0.406 e. The molecule has 0 amide bonds. The molecule has 0 aromatic heterocycles. The lowest BCUT2D eigenvalue weighted by Gasteiger charge is -2.08. The van der Waals surface area contributed by atoms with Crippen LogP contribution in [0.25, 0.3) is 6.08 Å². The Bertz CT molecular complexity index is 396. The van der Waals surface area contributed by atoms with Gasteiger partial charge in [-0.05, 0) is 35.4 Å². The quantitative estimate of drug-likeness (QED) is 0.607. The van der Waals surface area contributed by atoms with Gasteiger partial charge in [-0.3, -0.25) is 4.79 Å². The molecule has 1 aromatic carbocycles. The molecule has 0 heterocycles. The maximum atomic E-state index is 11.8. The first-order valence-electron chi connectivity index (χ1n) is 4.10. The molecule has 0 aliphatic heterocycles. The second-order valence-corrected chi connectivity index (χ2v) is 3.13. The van der Waals surface area contributed by atoms with Crippen LogP contribution in [0.1, 0.15) is 5.56 Å². The van der Waals surface area contributed by atoms with Crippen LogP contribution in [0.5, 0.6) is 5.75 Å². The van der Waals surface area contributed by atoms with Crippen LogP contribution in [-0.2, 0) is 4.79 Å². The summed E-state index contributed by atoms with van der Waals surface area (Å²) in [6.07, 6.45) is -2.22. The molecular formula is C10H6ClF3O2. The highest BCUT2D eigenvalue weighted by atomic mass is 35.5. The summed E-state index contributed by atoms with van der Waals surface area (Å²) in [6, 6.07) is 5.03. The average molecular weight is 251 g/mol. The van der Waals surface area contributed by atoms with Gasteiger partial charge >= 0.3 is 6.36 Å². The largest absolute Gasteiger partial charge is 0.573 e. The molecule has 0 radical (unpaired) electrons. The van der Waals surface area contributed by atoms with Crippen molar-refractivity contribution in [1.82, 2.24) is 0 Å². The second-order valence-electron chi connectivity index (χ2n) is 2.75. The summed E-state index contributed by atoms with van der Waals surface area (Å²) in [5, 5.41) is -0.657. The summed E-state index contributed by atoms with van der Waals surface area (Å²) in [4.78, 5) is 10.4. The fraction of sp³-hybridized carbons (Fsp3) is 0.100. The highest BCUT2D eigenvalue weighted by Crippen LogP contribution is 2.22. The van der Waals surface area contributed by atoms with Crippen molar-refractivity contribution in [2.75, 3.05) is 0 Å². The minimum absolute atomic E-state index is 0.318. The van der Waals surface area contributed by atoms with Crippen molar-refractivity contribution in [2.24, 2.45) is 0 Å². The zero-order chi connectivity index (χ0) is 12.2. The minimum atomic E-state index is -4.70. The zero-order valence-electron chi connectivity index (χ0n) is 7.79. The number of allylic oxidation sites excluding steroid dienone is 1. The van der Waals surface area contributed by atoms with Gasteiger partial charge in [-0.15, -0.1) is 13.2 Å². The molecule has 2 nitrogen and oxygen atoms in total. The topological polar surface area (TPSA) is 26.3 Å². The van der Waals surface area contributed by atoms with Gasteiger partial charge in [-0.1, -0.05) is 18.2 Å². The van der Waals surface area contributed by atoms with E-state index in [2.05, 4.69) is 4.74 Å². The maximum Gasteiger partial charge on any atom is 0.573 e. The third-order valence-electron chi connectivity index (χ3n) is 1.52. The summed E-state index contributed by atoms with van der Waals surface area (Å²) >= 11 is 5.05. The monoisotopic (exact) mass is 250 g/mol. The molecular weight excluding hydrogens is 245 g/mol. The Kier molecular flexibility index (Phi) is 3.95. The molecule has 0 saturated heterocycles. The van der Waals surface area contributed by atoms with Crippen molar-refractivity contribution >= 4 is 22.9 Å². The highest BCUT2D eigenvalue weighted by Gasteiger charge is 2.30. The van der Waals surface area contributed by atoms with Crippen LogP contribution < -0.4 is 4.74 Å². The predicted octanol–water partition coefficient (Wildman–Crippen LogP) is 3.36. The lowest BCUT2D eigenvalue weighted by atomic mass is 10.2. The van der Waals surface area contributed by atoms with Crippen LogP contribution in [-0.4, -0.2) is 11.6 Å². The van der Waals surface area contributed by atoms with Crippen LogP contribution in [0.3, 0.4) is 0 Å². The van der Waals surface area contributed by atoms with Gasteiger partial charge in [0, 0.05) is 0 Å². The first-order valence-corrected chi connectivity index (χ1v) is 4.48. The number of ether oxygens (including phenoxy) is 1. The summed E-state index contributed by atoms with van der Waals surface area (Å²) in [6.45, 7) is 0. The van der Waals surface area contributed by atoms with Crippen LogP contribution in [0.4, 0.5) is 13.2 Å². The number of alkyl halides is 3. The van der Waals surface area contributed by atoms with E-state index in [0.29, 0.717) is 5.56 Å². The number of halogens is 4. The van der Waals surface area contributed by atoms with Gasteiger partial charge in [0.1, 0.15) is 5.75 Å². The lowest BCUT2D eigenvalue weighted by molar-refractivity contribution is -0.274. The molecule has 0 bridgehead atoms. The van der Waals surface area contributed by atoms with E-state index in [0.717, 1.165) is 18.2 Å².